The monoisotopic (exact) mass is 302 g/mol. The molecule has 1 aliphatic heterocycles. The summed E-state index contributed by atoms with van der Waals surface area (Å²) >= 11 is 0. The number of ether oxygens (including phenoxy) is 2. The van der Waals surface area contributed by atoms with Crippen molar-refractivity contribution < 1.29 is 24.0 Å². The molecular weight excluding hydrogens is 272 g/mol. The second-order valence-electron chi connectivity index (χ2n) is 7.02. The predicted molar refractivity (Wildman–Crippen MR) is 79.6 cm³/mol. The van der Waals surface area contributed by atoms with E-state index in [-0.39, 0.29) is 11.5 Å². The van der Waals surface area contributed by atoms with E-state index in [4.69, 9.17) is 19.2 Å². The lowest BCUT2D eigenvalue weighted by Crippen LogP contribution is -2.62. The fourth-order valence-electron chi connectivity index (χ4n) is 2.51. The molecule has 0 bridgehead atoms. The lowest BCUT2D eigenvalue weighted by Gasteiger charge is -2.48. The van der Waals surface area contributed by atoms with E-state index < -0.39 is 11.9 Å². The second kappa shape index (κ2) is 7.45. The van der Waals surface area contributed by atoms with Gasteiger partial charge >= 0.3 is 6.16 Å². The topological polar surface area (TPSA) is 54.0 Å². The molecule has 0 amide bonds. The third-order valence-electron chi connectivity index (χ3n) is 3.84. The standard InChI is InChI=1S/C16H30O5/c1-7-9-10-12(8-2)11-18-14(17)19-16(6)13(20-21-16)15(3,4)5/h12-13H,7-11H2,1-6H3. The fourth-order valence-corrected chi connectivity index (χ4v) is 2.51. The molecule has 5 nitrogen and oxygen atoms in total. The van der Waals surface area contributed by atoms with Crippen LogP contribution in [0.3, 0.4) is 0 Å². The maximum Gasteiger partial charge on any atom is 0.510 e. The summed E-state index contributed by atoms with van der Waals surface area (Å²) in [5.41, 5.74) is -0.180. The van der Waals surface area contributed by atoms with Crippen molar-refractivity contribution in [2.75, 3.05) is 6.61 Å². The van der Waals surface area contributed by atoms with Crippen molar-refractivity contribution in [3.63, 3.8) is 0 Å². The van der Waals surface area contributed by atoms with Crippen molar-refractivity contribution in [1.82, 2.24) is 0 Å². The molecule has 1 aliphatic rings. The highest BCUT2D eigenvalue weighted by Crippen LogP contribution is 2.42. The largest absolute Gasteiger partial charge is 0.510 e. The molecule has 0 spiro atoms. The third-order valence-corrected chi connectivity index (χ3v) is 3.84. The zero-order valence-electron chi connectivity index (χ0n) is 14.2. The number of hydrogen-bond acceptors (Lipinski definition) is 5. The summed E-state index contributed by atoms with van der Waals surface area (Å²) in [5.74, 6) is -0.678. The quantitative estimate of drug-likeness (QED) is 0.513. The zero-order valence-corrected chi connectivity index (χ0v) is 14.2. The van der Waals surface area contributed by atoms with Crippen LogP contribution in [0.2, 0.25) is 0 Å². The van der Waals surface area contributed by atoms with E-state index in [0.29, 0.717) is 12.5 Å². The zero-order chi connectivity index (χ0) is 16.1. The number of rotatable bonds is 7. The minimum absolute atomic E-state index is 0.180. The molecule has 124 valence electrons. The number of unbranched alkanes of at least 4 members (excludes halogenated alkanes) is 1. The Labute approximate surface area is 128 Å². The van der Waals surface area contributed by atoms with Crippen LogP contribution in [0.15, 0.2) is 0 Å². The molecule has 0 aromatic carbocycles. The molecular formula is C16H30O5. The summed E-state index contributed by atoms with van der Waals surface area (Å²) in [7, 11) is 0. The van der Waals surface area contributed by atoms with Gasteiger partial charge in [-0.25, -0.2) is 9.68 Å². The van der Waals surface area contributed by atoms with Crippen LogP contribution in [0, 0.1) is 11.3 Å². The second-order valence-corrected chi connectivity index (χ2v) is 7.02. The molecule has 0 N–H and O–H groups in total. The van der Waals surface area contributed by atoms with Gasteiger partial charge in [0.25, 0.3) is 5.79 Å². The first-order valence-electron chi connectivity index (χ1n) is 7.93. The average molecular weight is 302 g/mol. The van der Waals surface area contributed by atoms with Gasteiger partial charge in [0, 0.05) is 6.92 Å². The Kier molecular flexibility index (Phi) is 6.47. The molecule has 21 heavy (non-hydrogen) atoms. The van der Waals surface area contributed by atoms with Gasteiger partial charge in [0.1, 0.15) is 0 Å². The van der Waals surface area contributed by atoms with Crippen molar-refractivity contribution in [3.8, 4) is 0 Å². The summed E-state index contributed by atoms with van der Waals surface area (Å²) in [6.07, 6.45) is 3.37. The molecule has 0 aliphatic carbocycles. The van der Waals surface area contributed by atoms with Crippen LogP contribution in [0.1, 0.15) is 67.2 Å². The normalized spacial score (nSPS) is 26.9. The highest BCUT2D eigenvalue weighted by molar-refractivity contribution is 5.60. The van der Waals surface area contributed by atoms with Crippen molar-refractivity contribution in [1.29, 1.82) is 0 Å². The van der Waals surface area contributed by atoms with E-state index in [1.807, 2.05) is 20.8 Å². The summed E-state index contributed by atoms with van der Waals surface area (Å²) in [6.45, 7) is 12.4. The van der Waals surface area contributed by atoms with E-state index in [0.717, 1.165) is 25.7 Å². The van der Waals surface area contributed by atoms with Gasteiger partial charge in [0.15, 0.2) is 6.10 Å². The summed E-state index contributed by atoms with van der Waals surface area (Å²) < 4.78 is 10.5. The number of hydrogen-bond donors (Lipinski definition) is 0. The molecule has 5 heteroatoms. The van der Waals surface area contributed by atoms with Crippen LogP contribution in [-0.2, 0) is 19.2 Å². The van der Waals surface area contributed by atoms with E-state index in [1.165, 1.54) is 0 Å². The SMILES string of the molecule is CCCCC(CC)COC(=O)OC1(C)OOC1C(C)(C)C. The van der Waals surface area contributed by atoms with E-state index in [9.17, 15) is 4.79 Å². The minimum Gasteiger partial charge on any atom is -0.434 e. The first-order valence-corrected chi connectivity index (χ1v) is 7.93. The van der Waals surface area contributed by atoms with Crippen LogP contribution < -0.4 is 0 Å². The third kappa shape index (κ3) is 5.15. The molecule has 1 heterocycles. The molecule has 1 fully saturated rings. The van der Waals surface area contributed by atoms with Gasteiger partial charge in [-0.2, -0.15) is 4.89 Å². The van der Waals surface area contributed by atoms with Crippen LogP contribution in [0.4, 0.5) is 4.79 Å². The van der Waals surface area contributed by atoms with Crippen LogP contribution in [-0.4, -0.2) is 24.7 Å². The van der Waals surface area contributed by atoms with Gasteiger partial charge in [-0.05, 0) is 17.8 Å². The predicted octanol–water partition coefficient (Wildman–Crippen LogP) is 4.45. The molecule has 0 aromatic heterocycles. The van der Waals surface area contributed by atoms with Crippen molar-refractivity contribution in [3.05, 3.63) is 0 Å². The Bertz CT molecular complexity index is 336. The Balaban J connectivity index is 2.40. The van der Waals surface area contributed by atoms with E-state index in [1.54, 1.807) is 6.92 Å². The highest BCUT2D eigenvalue weighted by atomic mass is 17.3. The number of carbonyl (C=O) groups is 1. The Hall–Kier alpha value is -0.810. The molecule has 0 radical (unpaired) electrons. The molecule has 3 unspecified atom stereocenters. The van der Waals surface area contributed by atoms with Crippen LogP contribution in [0.5, 0.6) is 0 Å². The first-order chi connectivity index (χ1) is 9.73. The highest BCUT2D eigenvalue weighted by Gasteiger charge is 2.57. The lowest BCUT2D eigenvalue weighted by atomic mass is 9.83. The van der Waals surface area contributed by atoms with E-state index >= 15 is 0 Å². The molecule has 3 atom stereocenters. The minimum atomic E-state index is -1.07. The van der Waals surface area contributed by atoms with Crippen molar-refractivity contribution in [2.45, 2.75) is 79.1 Å². The van der Waals surface area contributed by atoms with Crippen molar-refractivity contribution >= 4 is 6.16 Å². The maximum atomic E-state index is 11.8. The van der Waals surface area contributed by atoms with Crippen molar-refractivity contribution in [2.24, 2.45) is 11.3 Å². The summed E-state index contributed by atoms with van der Waals surface area (Å²) in [6, 6.07) is 0. The van der Waals surface area contributed by atoms with Gasteiger partial charge in [-0.15, -0.1) is 0 Å². The van der Waals surface area contributed by atoms with Gasteiger partial charge in [-0.3, -0.25) is 0 Å². The average Bonchev–Trinajstić information content (AvgIpc) is 2.35. The first kappa shape index (κ1) is 18.2. The van der Waals surface area contributed by atoms with Gasteiger partial charge in [0.05, 0.1) is 6.61 Å². The van der Waals surface area contributed by atoms with Gasteiger partial charge in [-0.1, -0.05) is 53.9 Å². The Morgan fingerprint density at radius 3 is 2.43 bits per heavy atom. The number of carbonyl (C=O) groups excluding carboxylic acids is 1. The lowest BCUT2D eigenvalue weighted by molar-refractivity contribution is -0.571. The molecule has 0 saturated carbocycles. The Morgan fingerprint density at radius 1 is 1.33 bits per heavy atom. The molecule has 1 rings (SSSR count). The maximum absolute atomic E-state index is 11.8. The molecule has 1 saturated heterocycles. The summed E-state index contributed by atoms with van der Waals surface area (Å²) in [5, 5.41) is 0. The van der Waals surface area contributed by atoms with Gasteiger partial charge < -0.3 is 9.47 Å². The smallest absolute Gasteiger partial charge is 0.434 e. The van der Waals surface area contributed by atoms with Gasteiger partial charge in [0.2, 0.25) is 0 Å². The van der Waals surface area contributed by atoms with Crippen LogP contribution in [0.25, 0.3) is 0 Å². The van der Waals surface area contributed by atoms with Crippen LogP contribution >= 0.6 is 0 Å². The molecule has 0 aromatic rings. The Morgan fingerprint density at radius 2 is 2.00 bits per heavy atom. The van der Waals surface area contributed by atoms with E-state index in [2.05, 4.69) is 13.8 Å². The fraction of sp³-hybridized carbons (Fsp3) is 0.938. The summed E-state index contributed by atoms with van der Waals surface area (Å²) in [4.78, 5) is 21.9.